The van der Waals surface area contributed by atoms with Crippen molar-refractivity contribution >= 4 is 34.0 Å². The van der Waals surface area contributed by atoms with Crippen molar-refractivity contribution in [2.75, 3.05) is 26.1 Å². The van der Waals surface area contributed by atoms with Gasteiger partial charge in [0.15, 0.2) is 5.65 Å². The van der Waals surface area contributed by atoms with E-state index in [1.165, 1.54) is 0 Å². The third kappa shape index (κ3) is 3.44. The number of anilines is 1. The number of aromatic nitrogens is 3. The SMILES string of the molecule is COc1cccc(-n2c(N)c(C(=O)OC[C@@H]3CCCO3)c3nc4ccccc4nc32)c1. The fourth-order valence-corrected chi connectivity index (χ4v) is 3.89. The molecule has 0 aliphatic carbocycles. The van der Waals surface area contributed by atoms with Gasteiger partial charge in [-0.3, -0.25) is 4.57 Å². The van der Waals surface area contributed by atoms with E-state index in [0.717, 1.165) is 12.8 Å². The number of nitrogen functional groups attached to an aromatic ring is 1. The van der Waals surface area contributed by atoms with Crippen LogP contribution in [0, 0.1) is 0 Å². The molecule has 0 radical (unpaired) electrons. The molecule has 31 heavy (non-hydrogen) atoms. The predicted molar refractivity (Wildman–Crippen MR) is 117 cm³/mol. The van der Waals surface area contributed by atoms with Crippen LogP contribution in [0.4, 0.5) is 5.82 Å². The molecular formula is C23H22N4O4. The summed E-state index contributed by atoms with van der Waals surface area (Å²) < 4.78 is 18.2. The lowest BCUT2D eigenvalue weighted by Gasteiger charge is -2.11. The molecule has 158 valence electrons. The number of hydrogen-bond acceptors (Lipinski definition) is 7. The first-order valence-corrected chi connectivity index (χ1v) is 10.2. The number of nitrogens with two attached hydrogens (primary N) is 1. The topological polar surface area (TPSA) is 101 Å². The maximum Gasteiger partial charge on any atom is 0.344 e. The average Bonchev–Trinajstić information content (AvgIpc) is 3.41. The Labute approximate surface area is 178 Å². The second kappa shape index (κ2) is 7.88. The van der Waals surface area contributed by atoms with Crippen molar-refractivity contribution in [2.45, 2.75) is 18.9 Å². The van der Waals surface area contributed by atoms with Crippen LogP contribution >= 0.6 is 0 Å². The molecule has 1 aliphatic rings. The number of fused-ring (bicyclic) bond motifs is 2. The lowest BCUT2D eigenvalue weighted by atomic mass is 10.2. The van der Waals surface area contributed by atoms with Gasteiger partial charge in [0.2, 0.25) is 0 Å². The van der Waals surface area contributed by atoms with Crippen LogP contribution in [0.1, 0.15) is 23.2 Å². The molecule has 0 spiro atoms. The highest BCUT2D eigenvalue weighted by Gasteiger charge is 2.27. The highest BCUT2D eigenvalue weighted by Crippen LogP contribution is 2.32. The number of rotatable bonds is 5. The van der Waals surface area contributed by atoms with Crippen LogP contribution in [0.25, 0.3) is 27.9 Å². The summed E-state index contributed by atoms with van der Waals surface area (Å²) in [6.45, 7) is 0.877. The molecule has 8 heteroatoms. The summed E-state index contributed by atoms with van der Waals surface area (Å²) in [6.07, 6.45) is 1.76. The third-order valence-corrected chi connectivity index (χ3v) is 5.44. The summed E-state index contributed by atoms with van der Waals surface area (Å²) in [5, 5.41) is 0. The highest BCUT2D eigenvalue weighted by molar-refractivity contribution is 6.09. The van der Waals surface area contributed by atoms with Gasteiger partial charge in [-0.25, -0.2) is 14.8 Å². The van der Waals surface area contributed by atoms with Crippen molar-refractivity contribution in [2.24, 2.45) is 0 Å². The number of hydrogen-bond donors (Lipinski definition) is 1. The Bertz CT molecular complexity index is 1280. The first kappa shape index (κ1) is 19.3. The molecule has 1 saturated heterocycles. The Hall–Kier alpha value is -3.65. The number of para-hydroxylation sites is 2. The van der Waals surface area contributed by atoms with Crippen LogP contribution in [0.3, 0.4) is 0 Å². The van der Waals surface area contributed by atoms with E-state index < -0.39 is 5.97 Å². The van der Waals surface area contributed by atoms with Gasteiger partial charge in [-0.05, 0) is 37.1 Å². The Kier molecular flexibility index (Phi) is 4.91. The number of benzene rings is 2. The van der Waals surface area contributed by atoms with Crippen LogP contribution in [0.15, 0.2) is 48.5 Å². The largest absolute Gasteiger partial charge is 0.497 e. The monoisotopic (exact) mass is 418 g/mol. The summed E-state index contributed by atoms with van der Waals surface area (Å²) in [7, 11) is 1.59. The summed E-state index contributed by atoms with van der Waals surface area (Å²) in [5.74, 6) is 0.343. The van der Waals surface area contributed by atoms with E-state index in [-0.39, 0.29) is 24.1 Å². The lowest BCUT2D eigenvalue weighted by molar-refractivity contribution is 0.0163. The number of methoxy groups -OCH3 is 1. The summed E-state index contributed by atoms with van der Waals surface area (Å²) in [6, 6.07) is 14.9. The zero-order chi connectivity index (χ0) is 21.4. The number of esters is 1. The second-order valence-corrected chi connectivity index (χ2v) is 7.42. The smallest absolute Gasteiger partial charge is 0.344 e. The van der Waals surface area contributed by atoms with E-state index in [4.69, 9.17) is 29.9 Å². The molecule has 2 N–H and O–H groups in total. The number of carbonyl (C=O) groups excluding carboxylic acids is 1. The second-order valence-electron chi connectivity index (χ2n) is 7.42. The van der Waals surface area contributed by atoms with Gasteiger partial charge in [0.25, 0.3) is 0 Å². The van der Waals surface area contributed by atoms with Crippen molar-refractivity contribution < 1.29 is 19.0 Å². The Morgan fingerprint density at radius 3 is 2.74 bits per heavy atom. The maximum atomic E-state index is 13.1. The molecular weight excluding hydrogens is 396 g/mol. The van der Waals surface area contributed by atoms with E-state index in [1.807, 2.05) is 48.5 Å². The molecule has 1 fully saturated rings. The van der Waals surface area contributed by atoms with Crippen molar-refractivity contribution in [1.29, 1.82) is 0 Å². The van der Waals surface area contributed by atoms with E-state index >= 15 is 0 Å². The zero-order valence-corrected chi connectivity index (χ0v) is 17.1. The van der Waals surface area contributed by atoms with Crippen LogP contribution in [-0.2, 0) is 9.47 Å². The molecule has 0 saturated carbocycles. The summed E-state index contributed by atoms with van der Waals surface area (Å²) >= 11 is 0. The minimum atomic E-state index is -0.538. The Morgan fingerprint density at radius 2 is 2.00 bits per heavy atom. The van der Waals surface area contributed by atoms with E-state index in [9.17, 15) is 4.79 Å². The van der Waals surface area contributed by atoms with Gasteiger partial charge in [-0.1, -0.05) is 18.2 Å². The average molecular weight is 418 g/mol. The van der Waals surface area contributed by atoms with E-state index in [2.05, 4.69) is 0 Å². The summed E-state index contributed by atoms with van der Waals surface area (Å²) in [5.41, 5.74) is 9.67. The first-order valence-electron chi connectivity index (χ1n) is 10.2. The van der Waals surface area contributed by atoms with Crippen molar-refractivity contribution in [3.05, 3.63) is 54.1 Å². The van der Waals surface area contributed by atoms with Gasteiger partial charge in [-0.15, -0.1) is 0 Å². The minimum Gasteiger partial charge on any atom is -0.497 e. The van der Waals surface area contributed by atoms with Crippen LogP contribution in [0.5, 0.6) is 5.75 Å². The molecule has 4 aromatic rings. The molecule has 2 aromatic heterocycles. The molecule has 0 amide bonds. The standard InChI is InChI=1S/C23H22N4O4/c1-29-15-7-4-6-14(12-15)27-21(24)19(23(28)31-13-16-8-5-11-30-16)20-22(27)26-18-10-3-2-9-17(18)25-20/h2-4,6-7,9-10,12,16H,5,8,11,13,24H2,1H3/t16-/m0/s1. The fraction of sp³-hybridized carbons (Fsp3) is 0.261. The maximum absolute atomic E-state index is 13.1. The van der Waals surface area contributed by atoms with Gasteiger partial charge in [-0.2, -0.15) is 0 Å². The van der Waals surface area contributed by atoms with Crippen molar-refractivity contribution in [1.82, 2.24) is 14.5 Å². The van der Waals surface area contributed by atoms with Gasteiger partial charge < -0.3 is 19.9 Å². The molecule has 1 atom stereocenters. The molecule has 0 bridgehead atoms. The molecule has 0 unspecified atom stereocenters. The lowest BCUT2D eigenvalue weighted by Crippen LogP contribution is -2.18. The third-order valence-electron chi connectivity index (χ3n) is 5.44. The predicted octanol–water partition coefficient (Wildman–Crippen LogP) is 3.50. The number of carbonyl (C=O) groups is 1. The van der Waals surface area contributed by atoms with Gasteiger partial charge in [0.1, 0.15) is 29.3 Å². The quantitative estimate of drug-likeness (QED) is 0.495. The van der Waals surface area contributed by atoms with Crippen molar-refractivity contribution in [3.8, 4) is 11.4 Å². The first-order chi connectivity index (χ1) is 15.2. The Morgan fingerprint density at radius 1 is 1.19 bits per heavy atom. The summed E-state index contributed by atoms with van der Waals surface area (Å²) in [4.78, 5) is 22.5. The van der Waals surface area contributed by atoms with E-state index in [0.29, 0.717) is 40.2 Å². The molecule has 2 aromatic carbocycles. The van der Waals surface area contributed by atoms with Crippen LogP contribution < -0.4 is 10.5 Å². The highest BCUT2D eigenvalue weighted by atomic mass is 16.6. The minimum absolute atomic E-state index is 0.0798. The van der Waals surface area contributed by atoms with Gasteiger partial charge in [0.05, 0.1) is 29.9 Å². The number of nitrogens with zero attached hydrogens (tertiary/aromatic N) is 3. The molecule has 8 nitrogen and oxygen atoms in total. The zero-order valence-electron chi connectivity index (χ0n) is 17.1. The van der Waals surface area contributed by atoms with Gasteiger partial charge >= 0.3 is 5.97 Å². The fourth-order valence-electron chi connectivity index (χ4n) is 3.89. The van der Waals surface area contributed by atoms with Gasteiger partial charge in [0, 0.05) is 12.7 Å². The van der Waals surface area contributed by atoms with E-state index in [1.54, 1.807) is 11.7 Å². The molecule has 3 heterocycles. The number of ether oxygens (including phenoxy) is 3. The van der Waals surface area contributed by atoms with Crippen molar-refractivity contribution in [3.63, 3.8) is 0 Å². The van der Waals surface area contributed by atoms with Crippen LogP contribution in [0.2, 0.25) is 0 Å². The molecule has 1 aliphatic heterocycles. The normalized spacial score (nSPS) is 16.1. The molecule has 5 rings (SSSR count). The Balaban J connectivity index is 1.67. The van der Waals surface area contributed by atoms with Crippen LogP contribution in [-0.4, -0.2) is 46.9 Å².